The Hall–Kier alpha value is -0.510. The molecule has 1 aromatic rings. The number of anilines is 1. The number of hydrogen-bond donors (Lipinski definition) is 2. The van der Waals surface area contributed by atoms with Gasteiger partial charge in [0, 0.05) is 12.6 Å². The Labute approximate surface area is 92.0 Å². The van der Waals surface area contributed by atoms with Crippen LogP contribution in [-0.2, 0) is 0 Å². The van der Waals surface area contributed by atoms with Crippen LogP contribution in [0.4, 0.5) is 5.69 Å². The molecule has 0 aliphatic carbocycles. The Morgan fingerprint density at radius 2 is 1.85 bits per heavy atom. The Morgan fingerprint density at radius 3 is 2.15 bits per heavy atom. The van der Waals surface area contributed by atoms with E-state index in [0.717, 1.165) is 0 Å². The van der Waals surface area contributed by atoms with E-state index >= 15 is 0 Å². The lowest BCUT2D eigenvalue weighted by atomic mass is 10.2. The minimum absolute atomic E-state index is 0.284. The Bertz CT molecular complexity index is 329. The molecule has 0 aromatic heterocycles. The standard InChI is InChI=1S/C8H8Cl2N2S/c1-12-7-5(9)2-4(8(11)13)3-6(7)10/h2-3,12H,1H3,(H2,11,13). The molecular weight excluding hydrogens is 227 g/mol. The number of hydrogen-bond acceptors (Lipinski definition) is 2. The molecule has 0 saturated heterocycles. The summed E-state index contributed by atoms with van der Waals surface area (Å²) in [6.07, 6.45) is 0. The maximum Gasteiger partial charge on any atom is 0.104 e. The molecule has 0 amide bonds. The summed E-state index contributed by atoms with van der Waals surface area (Å²) in [5.74, 6) is 0. The molecule has 0 radical (unpaired) electrons. The number of thiocarbonyl (C=S) groups is 1. The number of nitrogens with two attached hydrogens (primary N) is 1. The highest BCUT2D eigenvalue weighted by Crippen LogP contribution is 2.31. The predicted octanol–water partition coefficient (Wildman–Crippen LogP) is 2.67. The number of nitrogens with one attached hydrogen (secondary N) is 1. The summed E-state index contributed by atoms with van der Waals surface area (Å²) < 4.78 is 0. The topological polar surface area (TPSA) is 38.0 Å². The molecule has 1 aromatic carbocycles. The summed E-state index contributed by atoms with van der Waals surface area (Å²) >= 11 is 16.6. The van der Waals surface area contributed by atoms with Crippen LogP contribution in [0.5, 0.6) is 0 Å². The maximum absolute atomic E-state index is 5.92. The van der Waals surface area contributed by atoms with Gasteiger partial charge in [0.1, 0.15) is 4.99 Å². The van der Waals surface area contributed by atoms with E-state index in [1.54, 1.807) is 19.2 Å². The Kier molecular flexibility index (Phi) is 3.36. The fraction of sp³-hybridized carbons (Fsp3) is 0.125. The van der Waals surface area contributed by atoms with Crippen molar-refractivity contribution in [1.82, 2.24) is 0 Å². The third-order valence-electron chi connectivity index (χ3n) is 1.58. The molecule has 2 nitrogen and oxygen atoms in total. The molecule has 1 rings (SSSR count). The van der Waals surface area contributed by atoms with Crippen molar-refractivity contribution in [2.24, 2.45) is 5.73 Å². The molecule has 0 aliphatic rings. The van der Waals surface area contributed by atoms with Crippen molar-refractivity contribution in [3.05, 3.63) is 27.7 Å². The van der Waals surface area contributed by atoms with E-state index in [2.05, 4.69) is 5.32 Å². The monoisotopic (exact) mass is 234 g/mol. The quantitative estimate of drug-likeness (QED) is 0.774. The average molecular weight is 235 g/mol. The molecular formula is C8H8Cl2N2S. The fourth-order valence-electron chi connectivity index (χ4n) is 0.954. The minimum atomic E-state index is 0.284. The van der Waals surface area contributed by atoms with Gasteiger partial charge in [-0.05, 0) is 12.1 Å². The van der Waals surface area contributed by atoms with Crippen LogP contribution >= 0.6 is 35.4 Å². The zero-order chi connectivity index (χ0) is 10.0. The largest absolute Gasteiger partial charge is 0.389 e. The lowest BCUT2D eigenvalue weighted by molar-refractivity contribution is 1.50. The highest BCUT2D eigenvalue weighted by molar-refractivity contribution is 7.80. The molecule has 0 aliphatic heterocycles. The summed E-state index contributed by atoms with van der Waals surface area (Å²) in [5, 5.41) is 3.91. The molecule has 13 heavy (non-hydrogen) atoms. The Morgan fingerprint density at radius 1 is 1.38 bits per heavy atom. The van der Waals surface area contributed by atoms with Gasteiger partial charge in [0.15, 0.2) is 0 Å². The first kappa shape index (κ1) is 10.6. The van der Waals surface area contributed by atoms with Crippen molar-refractivity contribution in [2.45, 2.75) is 0 Å². The summed E-state index contributed by atoms with van der Waals surface area (Å²) in [5.41, 5.74) is 6.79. The van der Waals surface area contributed by atoms with Gasteiger partial charge in [-0.2, -0.15) is 0 Å². The van der Waals surface area contributed by atoms with E-state index in [4.69, 9.17) is 41.2 Å². The molecule has 0 saturated carbocycles. The van der Waals surface area contributed by atoms with Gasteiger partial charge < -0.3 is 11.1 Å². The van der Waals surface area contributed by atoms with Gasteiger partial charge in [0.25, 0.3) is 0 Å². The van der Waals surface area contributed by atoms with Gasteiger partial charge in [-0.15, -0.1) is 0 Å². The number of halogens is 2. The summed E-state index contributed by atoms with van der Waals surface area (Å²) in [7, 11) is 1.74. The van der Waals surface area contributed by atoms with Crippen LogP contribution < -0.4 is 11.1 Å². The van der Waals surface area contributed by atoms with E-state index in [0.29, 0.717) is 21.3 Å². The van der Waals surface area contributed by atoms with Gasteiger partial charge in [-0.3, -0.25) is 0 Å². The molecule has 0 fully saturated rings. The second kappa shape index (κ2) is 4.13. The number of benzene rings is 1. The van der Waals surface area contributed by atoms with Gasteiger partial charge in [-0.25, -0.2) is 0 Å². The summed E-state index contributed by atoms with van der Waals surface area (Å²) in [6, 6.07) is 3.36. The van der Waals surface area contributed by atoms with Crippen molar-refractivity contribution in [1.29, 1.82) is 0 Å². The van der Waals surface area contributed by atoms with Crippen LogP contribution in [0.3, 0.4) is 0 Å². The minimum Gasteiger partial charge on any atom is -0.389 e. The van der Waals surface area contributed by atoms with Gasteiger partial charge in [0.2, 0.25) is 0 Å². The van der Waals surface area contributed by atoms with Crippen molar-refractivity contribution in [2.75, 3.05) is 12.4 Å². The van der Waals surface area contributed by atoms with E-state index in [1.807, 2.05) is 0 Å². The molecule has 0 unspecified atom stereocenters. The molecule has 0 spiro atoms. The van der Waals surface area contributed by atoms with Gasteiger partial charge in [-0.1, -0.05) is 35.4 Å². The van der Waals surface area contributed by atoms with E-state index < -0.39 is 0 Å². The molecule has 5 heteroatoms. The first-order valence-corrected chi connectivity index (χ1v) is 4.69. The van der Waals surface area contributed by atoms with Crippen LogP contribution in [0, 0.1) is 0 Å². The lowest BCUT2D eigenvalue weighted by Gasteiger charge is -2.08. The molecule has 0 bridgehead atoms. The van der Waals surface area contributed by atoms with Crippen LogP contribution in [0.25, 0.3) is 0 Å². The molecule has 70 valence electrons. The highest BCUT2D eigenvalue weighted by Gasteiger charge is 2.07. The van der Waals surface area contributed by atoms with Crippen molar-refractivity contribution >= 4 is 46.1 Å². The van der Waals surface area contributed by atoms with E-state index in [9.17, 15) is 0 Å². The zero-order valence-corrected chi connectivity index (χ0v) is 9.22. The fourth-order valence-corrected chi connectivity index (χ4v) is 1.75. The van der Waals surface area contributed by atoms with Gasteiger partial charge in [0.05, 0.1) is 15.7 Å². The van der Waals surface area contributed by atoms with Gasteiger partial charge >= 0.3 is 0 Å². The first-order valence-electron chi connectivity index (χ1n) is 3.53. The summed E-state index contributed by atoms with van der Waals surface area (Å²) in [4.78, 5) is 0.284. The summed E-state index contributed by atoms with van der Waals surface area (Å²) in [6.45, 7) is 0. The normalized spacial score (nSPS) is 9.77. The van der Waals surface area contributed by atoms with Crippen molar-refractivity contribution < 1.29 is 0 Å². The number of rotatable bonds is 2. The molecule has 0 atom stereocenters. The highest BCUT2D eigenvalue weighted by atomic mass is 35.5. The third-order valence-corrected chi connectivity index (χ3v) is 2.41. The third kappa shape index (κ3) is 2.24. The van der Waals surface area contributed by atoms with Crippen LogP contribution in [-0.4, -0.2) is 12.0 Å². The molecule has 0 heterocycles. The van der Waals surface area contributed by atoms with Crippen LogP contribution in [0.15, 0.2) is 12.1 Å². The Balaban J connectivity index is 3.28. The van der Waals surface area contributed by atoms with E-state index in [1.165, 1.54) is 0 Å². The lowest BCUT2D eigenvalue weighted by Crippen LogP contribution is -2.09. The van der Waals surface area contributed by atoms with Crippen LogP contribution in [0.2, 0.25) is 10.0 Å². The zero-order valence-electron chi connectivity index (χ0n) is 6.90. The van der Waals surface area contributed by atoms with E-state index in [-0.39, 0.29) is 4.99 Å². The van der Waals surface area contributed by atoms with Crippen molar-refractivity contribution in [3.63, 3.8) is 0 Å². The average Bonchev–Trinajstić information content (AvgIpc) is 2.03. The second-order valence-electron chi connectivity index (χ2n) is 2.43. The molecule has 3 N–H and O–H groups in total. The van der Waals surface area contributed by atoms with Crippen molar-refractivity contribution in [3.8, 4) is 0 Å². The van der Waals surface area contributed by atoms with Crippen LogP contribution in [0.1, 0.15) is 5.56 Å². The smallest absolute Gasteiger partial charge is 0.104 e. The maximum atomic E-state index is 5.92. The first-order chi connectivity index (χ1) is 6.06. The second-order valence-corrected chi connectivity index (χ2v) is 3.68. The predicted molar refractivity (Wildman–Crippen MR) is 61.9 cm³/mol. The SMILES string of the molecule is CNc1c(Cl)cc(C(N)=S)cc1Cl.